The molecule has 1 saturated heterocycles. The Morgan fingerprint density at radius 1 is 1.23 bits per heavy atom. The van der Waals surface area contributed by atoms with Crippen LogP contribution in [0.3, 0.4) is 0 Å². The van der Waals surface area contributed by atoms with Crippen LogP contribution >= 0.6 is 0 Å². The molecule has 0 radical (unpaired) electrons. The number of nitrogens with zero attached hydrogens (tertiary/aromatic N) is 3. The van der Waals surface area contributed by atoms with E-state index in [4.69, 9.17) is 15.7 Å². The monoisotopic (exact) mass is 404 g/mol. The average Bonchev–Trinajstić information content (AvgIpc) is 3.09. The van der Waals surface area contributed by atoms with Gasteiger partial charge in [-0.1, -0.05) is 31.2 Å². The minimum Gasteiger partial charge on any atom is -0.385 e. The molecule has 0 amide bonds. The smallest absolute Gasteiger partial charge is 0.162 e. The van der Waals surface area contributed by atoms with Crippen LogP contribution in [0.25, 0.3) is 17.7 Å². The summed E-state index contributed by atoms with van der Waals surface area (Å²) in [6, 6.07) is 2.20. The molecule has 0 spiro atoms. The van der Waals surface area contributed by atoms with Crippen LogP contribution in [-0.2, 0) is 0 Å². The molecule has 6 heteroatoms. The maximum Gasteiger partial charge on any atom is 0.162 e. The van der Waals surface area contributed by atoms with Crippen LogP contribution in [0, 0.1) is 0 Å². The van der Waals surface area contributed by atoms with E-state index in [2.05, 4.69) is 33.9 Å². The lowest BCUT2D eigenvalue weighted by Gasteiger charge is -2.29. The molecular formula is C24H32N6. The fourth-order valence-electron chi connectivity index (χ4n) is 4.27. The Morgan fingerprint density at radius 3 is 2.60 bits per heavy atom. The van der Waals surface area contributed by atoms with Crippen LogP contribution < -0.4 is 26.5 Å². The molecule has 4 rings (SSSR count). The highest BCUT2D eigenvalue weighted by Gasteiger charge is 2.24. The van der Waals surface area contributed by atoms with E-state index in [1.807, 2.05) is 32.1 Å². The molecule has 1 aliphatic heterocycles. The number of H-pyrrole nitrogens is 1. The number of piperazine rings is 1. The van der Waals surface area contributed by atoms with Crippen molar-refractivity contribution in [1.82, 2.24) is 20.3 Å². The first kappa shape index (κ1) is 20.4. The van der Waals surface area contributed by atoms with Crippen LogP contribution in [0.1, 0.15) is 56.1 Å². The summed E-state index contributed by atoms with van der Waals surface area (Å²) in [6.45, 7) is 11.7. The molecule has 2 aromatic heterocycles. The van der Waals surface area contributed by atoms with Gasteiger partial charge in [-0.15, -0.1) is 0 Å². The van der Waals surface area contributed by atoms with Crippen molar-refractivity contribution in [3.05, 3.63) is 52.4 Å². The topological polar surface area (TPSA) is 82.9 Å². The quantitative estimate of drug-likeness (QED) is 0.712. The maximum atomic E-state index is 6.40. The molecule has 1 aliphatic carbocycles. The second kappa shape index (κ2) is 8.88. The molecule has 1 saturated carbocycles. The molecule has 2 aromatic rings. The Labute approximate surface area is 178 Å². The van der Waals surface area contributed by atoms with Gasteiger partial charge in [0, 0.05) is 48.2 Å². The van der Waals surface area contributed by atoms with Crippen molar-refractivity contribution in [2.75, 3.05) is 36.8 Å². The molecule has 6 nitrogen and oxygen atoms in total. The van der Waals surface area contributed by atoms with Gasteiger partial charge in [0.25, 0.3) is 0 Å². The lowest BCUT2D eigenvalue weighted by atomic mass is 9.83. The molecule has 4 N–H and O–H groups in total. The van der Waals surface area contributed by atoms with Crippen molar-refractivity contribution in [3.63, 3.8) is 0 Å². The number of rotatable bonds is 5. The predicted molar refractivity (Wildman–Crippen MR) is 126 cm³/mol. The molecule has 3 heterocycles. The summed E-state index contributed by atoms with van der Waals surface area (Å²) in [5.41, 5.74) is 9.60. The number of nitrogens with one attached hydrogen (secondary N) is 2. The average molecular weight is 405 g/mol. The zero-order valence-electron chi connectivity index (χ0n) is 18.0. The number of anilines is 2. The zero-order valence-corrected chi connectivity index (χ0v) is 18.0. The van der Waals surface area contributed by atoms with E-state index in [0.717, 1.165) is 53.7 Å². The highest BCUT2D eigenvalue weighted by Crippen LogP contribution is 2.38. The number of aromatic amines is 1. The molecule has 0 aromatic carbocycles. The predicted octanol–water partition coefficient (Wildman–Crippen LogP) is 2.28. The van der Waals surface area contributed by atoms with Gasteiger partial charge in [-0.25, -0.2) is 9.97 Å². The molecule has 2 aliphatic rings. The highest BCUT2D eigenvalue weighted by molar-refractivity contribution is 5.82. The van der Waals surface area contributed by atoms with Crippen LogP contribution in [0.4, 0.5) is 11.6 Å². The second-order valence-electron chi connectivity index (χ2n) is 7.98. The van der Waals surface area contributed by atoms with Crippen molar-refractivity contribution in [2.45, 2.75) is 39.0 Å². The first-order valence-corrected chi connectivity index (χ1v) is 10.9. The van der Waals surface area contributed by atoms with E-state index in [1.54, 1.807) is 0 Å². The summed E-state index contributed by atoms with van der Waals surface area (Å²) in [4.78, 5) is 15.7. The molecular weight excluding hydrogens is 372 g/mol. The van der Waals surface area contributed by atoms with Crippen LogP contribution in [0.2, 0.25) is 0 Å². The number of hydrogen-bond acceptors (Lipinski definition) is 5. The third-order valence-corrected chi connectivity index (χ3v) is 6.16. The van der Waals surface area contributed by atoms with Gasteiger partial charge in [-0.05, 0) is 44.7 Å². The van der Waals surface area contributed by atoms with E-state index in [9.17, 15) is 0 Å². The van der Waals surface area contributed by atoms with E-state index in [0.29, 0.717) is 17.6 Å². The second-order valence-corrected chi connectivity index (χ2v) is 7.98. The summed E-state index contributed by atoms with van der Waals surface area (Å²) in [6.07, 6.45) is 11.7. The van der Waals surface area contributed by atoms with E-state index in [-0.39, 0.29) is 0 Å². The number of hydrogen-bond donors (Lipinski definition) is 3. The molecule has 158 valence electrons. The largest absolute Gasteiger partial charge is 0.385 e. The summed E-state index contributed by atoms with van der Waals surface area (Å²) in [7, 11) is 0. The van der Waals surface area contributed by atoms with E-state index in [1.165, 1.54) is 25.0 Å². The fourth-order valence-corrected chi connectivity index (χ4v) is 4.27. The minimum absolute atomic E-state index is 0.598. The Bertz CT molecular complexity index is 1070. The third-order valence-electron chi connectivity index (χ3n) is 6.16. The Kier molecular flexibility index (Phi) is 6.04. The number of allylic oxidation sites excluding steroid dienone is 2. The Morgan fingerprint density at radius 2 is 2.00 bits per heavy atom. The lowest BCUT2D eigenvalue weighted by Crippen LogP contribution is -2.48. The van der Waals surface area contributed by atoms with E-state index >= 15 is 0 Å². The van der Waals surface area contributed by atoms with Gasteiger partial charge in [0.1, 0.15) is 11.6 Å². The Balaban J connectivity index is 1.84. The van der Waals surface area contributed by atoms with Crippen molar-refractivity contribution in [1.29, 1.82) is 0 Å². The van der Waals surface area contributed by atoms with Crippen LogP contribution in [0.15, 0.2) is 24.8 Å². The normalized spacial score (nSPS) is 19.3. The molecule has 30 heavy (non-hydrogen) atoms. The van der Waals surface area contributed by atoms with Crippen molar-refractivity contribution < 1.29 is 0 Å². The summed E-state index contributed by atoms with van der Waals surface area (Å²) < 4.78 is 0. The molecule has 2 fully saturated rings. The van der Waals surface area contributed by atoms with Crippen molar-refractivity contribution in [2.24, 2.45) is 0 Å². The fraction of sp³-hybridized carbons (Fsp3) is 0.417. The van der Waals surface area contributed by atoms with Gasteiger partial charge in [0.05, 0.1) is 5.35 Å². The number of aromatic nitrogens is 3. The number of nitrogen functional groups attached to an aromatic ring is 1. The van der Waals surface area contributed by atoms with Gasteiger partial charge < -0.3 is 20.9 Å². The van der Waals surface area contributed by atoms with Crippen molar-refractivity contribution in [3.8, 4) is 0 Å². The summed E-state index contributed by atoms with van der Waals surface area (Å²) in [5.74, 6) is 2.97. The lowest BCUT2D eigenvalue weighted by molar-refractivity contribution is 0.413. The van der Waals surface area contributed by atoms with Gasteiger partial charge in [0.15, 0.2) is 5.82 Å². The van der Waals surface area contributed by atoms with Crippen molar-refractivity contribution >= 4 is 29.4 Å². The standard InChI is InChI=1S/C24H32N6/c1-4-8-18-20(6-3)28-23(29-24(18)30-13-11-26-12-14-30)17(5-2)19-15-21(27-22(19)25)16-9-7-10-16/h4-6,8,15-16,26-27H,1,7,9-14,25H2,2-3H3/b17-5+,18-8+,20-6+. The Hall–Kier alpha value is -2.86. The maximum absolute atomic E-state index is 6.40. The third kappa shape index (κ3) is 3.79. The first-order chi connectivity index (χ1) is 14.7. The zero-order chi connectivity index (χ0) is 21.1. The summed E-state index contributed by atoms with van der Waals surface area (Å²) >= 11 is 0. The van der Waals surface area contributed by atoms with Gasteiger partial charge in [-0.3, -0.25) is 0 Å². The SMILES string of the molecule is C=C/C=c1/c(N2CCNCC2)nc(/C(=C/C)c2cc(C3CCC3)[nH]c2N)n/c1=C/C. The highest BCUT2D eigenvalue weighted by atomic mass is 15.2. The van der Waals surface area contributed by atoms with Gasteiger partial charge in [-0.2, -0.15) is 0 Å². The molecule has 0 atom stereocenters. The van der Waals surface area contributed by atoms with Gasteiger partial charge in [0.2, 0.25) is 0 Å². The molecule has 0 unspecified atom stereocenters. The number of nitrogens with two attached hydrogens (primary N) is 1. The molecule has 0 bridgehead atoms. The van der Waals surface area contributed by atoms with Crippen LogP contribution in [0.5, 0.6) is 0 Å². The van der Waals surface area contributed by atoms with Gasteiger partial charge >= 0.3 is 0 Å². The first-order valence-electron chi connectivity index (χ1n) is 10.9. The summed E-state index contributed by atoms with van der Waals surface area (Å²) in [5, 5.41) is 5.35. The van der Waals surface area contributed by atoms with Crippen LogP contribution in [-0.4, -0.2) is 41.1 Å². The van der Waals surface area contributed by atoms with E-state index < -0.39 is 0 Å². The minimum atomic E-state index is 0.598.